The van der Waals surface area contributed by atoms with Crippen molar-refractivity contribution in [3.05, 3.63) is 77.0 Å². The number of piperidine rings is 2. The monoisotopic (exact) mass is 1290 g/mol. The van der Waals surface area contributed by atoms with Crippen molar-refractivity contribution in [3.63, 3.8) is 0 Å². The summed E-state index contributed by atoms with van der Waals surface area (Å²) in [5.41, 5.74) is 4.52. The Bertz CT molecular complexity index is 3160. The zero-order valence-corrected chi connectivity index (χ0v) is 59.7. The van der Waals surface area contributed by atoms with E-state index in [0.29, 0.717) is 78.7 Å². The topological polar surface area (TPSA) is 161 Å². The molecule has 3 aromatic carbocycles. The molecule has 93 heavy (non-hydrogen) atoms. The van der Waals surface area contributed by atoms with Crippen LogP contribution in [-0.4, -0.2) is 98.8 Å². The first kappa shape index (κ1) is 76.2. The van der Waals surface area contributed by atoms with Crippen LogP contribution in [0.3, 0.4) is 0 Å². The number of rotatable bonds is 24. The number of amides is 3. The van der Waals surface area contributed by atoms with E-state index in [1.54, 1.807) is 11.0 Å². The highest BCUT2D eigenvalue weighted by Gasteiger charge is 2.41. The molecule has 1 saturated carbocycles. The molecule has 2 aromatic heterocycles. The number of aliphatic hydroxyl groups excluding tert-OH is 1. The minimum atomic E-state index is -0.727. The number of halogens is 2. The number of aromatic nitrogens is 3. The predicted octanol–water partition coefficient (Wildman–Crippen LogP) is 18.9. The van der Waals surface area contributed by atoms with Gasteiger partial charge in [-0.25, -0.2) is 8.78 Å². The van der Waals surface area contributed by atoms with Crippen LogP contribution in [0.4, 0.5) is 20.3 Å². The Kier molecular flexibility index (Phi) is 30.7. The van der Waals surface area contributed by atoms with Crippen LogP contribution in [0.2, 0.25) is 0 Å². The molecule has 5 aliphatic rings. The van der Waals surface area contributed by atoms with Crippen molar-refractivity contribution >= 4 is 50.9 Å². The number of fused-ring (bicyclic) bond motifs is 3. The molecule has 15 heteroatoms. The third-order valence-electron chi connectivity index (χ3n) is 20.7. The lowest BCUT2D eigenvalue weighted by atomic mass is 9.58. The standard InChI is InChI=1S/C26H40N2O3.C25H24F2N4O3.C14H28.C11H21N.C2H6/c1-6-9-20(12-11-18(4)8-3)21-13-14-22(19(5)17-21)28(25(30)10-7-2)23-15-16-24(29)27-26(23)31;1-3-16-19(26)7-6-13-9-15(33)10-17(20(13)16)22-21(27)23-18(11-28-22)24(30-25(29-23)34-2)31-8-4-5-14(32)12-31;1-5-8-14(10-13(4)11-14)9-7-12(3)6-2;1-2-3-5-10-7-8-11-6-4-9-12(10)11;1-2/h13-14,17-18,20,23H,6-12,15-16H2,1-5H3,(H,27,29,31);6-7,9-11,14,32-33H,3-5,8,12H2,1-2H3;12-13H,5-11H2,1-4H3;10-11H,2-9H2,1H3;1-2H3. The lowest BCUT2D eigenvalue weighted by Gasteiger charge is -2.47. The molecule has 13 nitrogen and oxygen atoms in total. The Hall–Kier alpha value is -5.80. The highest BCUT2D eigenvalue weighted by atomic mass is 19.1. The van der Waals surface area contributed by atoms with Crippen molar-refractivity contribution in [1.82, 2.24) is 25.2 Å². The molecule has 7 unspecified atom stereocenters. The maximum Gasteiger partial charge on any atom is 0.318 e. The number of hydrogen-bond donors (Lipinski definition) is 3. The van der Waals surface area contributed by atoms with E-state index in [9.17, 15) is 29.0 Å². The van der Waals surface area contributed by atoms with Crippen LogP contribution in [-0.2, 0) is 20.8 Å². The highest BCUT2D eigenvalue weighted by Crippen LogP contribution is 2.52. The number of nitrogens with one attached hydrogen (secondary N) is 1. The van der Waals surface area contributed by atoms with Crippen molar-refractivity contribution in [2.24, 2.45) is 23.2 Å². The number of ether oxygens (including phenoxy) is 1. The summed E-state index contributed by atoms with van der Waals surface area (Å²) in [5, 5.41) is 24.3. The Morgan fingerprint density at radius 3 is 2.20 bits per heavy atom. The predicted molar refractivity (Wildman–Crippen MR) is 379 cm³/mol. The van der Waals surface area contributed by atoms with Crippen molar-refractivity contribution in [2.75, 3.05) is 36.5 Å². The number of aliphatic hydroxyl groups is 1. The minimum Gasteiger partial charge on any atom is -0.508 e. The van der Waals surface area contributed by atoms with Crippen LogP contribution in [0.1, 0.15) is 266 Å². The van der Waals surface area contributed by atoms with Crippen molar-refractivity contribution in [1.29, 1.82) is 0 Å². The summed E-state index contributed by atoms with van der Waals surface area (Å²) in [7, 11) is 1.40. The second-order valence-corrected chi connectivity index (χ2v) is 27.8. The second kappa shape index (κ2) is 37.5. The Morgan fingerprint density at radius 2 is 1.57 bits per heavy atom. The average Bonchev–Trinajstić information content (AvgIpc) is 1.36. The van der Waals surface area contributed by atoms with Gasteiger partial charge in [-0.1, -0.05) is 153 Å². The lowest BCUT2D eigenvalue weighted by Crippen LogP contribution is -2.54. The third kappa shape index (κ3) is 20.1. The van der Waals surface area contributed by atoms with E-state index in [1.165, 1.54) is 153 Å². The summed E-state index contributed by atoms with van der Waals surface area (Å²) in [6.07, 6.45) is 30.8. The van der Waals surface area contributed by atoms with E-state index in [0.717, 1.165) is 65.8 Å². The number of imide groups is 1. The maximum absolute atomic E-state index is 16.0. The number of carbonyl (C=O) groups is 3. The van der Waals surface area contributed by atoms with Crippen LogP contribution in [0.5, 0.6) is 11.8 Å². The molecule has 0 spiro atoms. The van der Waals surface area contributed by atoms with Crippen molar-refractivity contribution in [2.45, 2.75) is 287 Å². The van der Waals surface area contributed by atoms with E-state index in [4.69, 9.17) is 4.74 Å². The summed E-state index contributed by atoms with van der Waals surface area (Å²) < 4.78 is 35.9. The fourth-order valence-electron chi connectivity index (χ4n) is 15.4. The molecule has 5 fully saturated rings. The van der Waals surface area contributed by atoms with Crippen LogP contribution in [0.25, 0.3) is 32.9 Å². The molecular weight excluding hydrogens is 1170 g/mol. The number of nitrogens with zero attached hydrogens (tertiary/aromatic N) is 6. The molecule has 516 valence electrons. The summed E-state index contributed by atoms with van der Waals surface area (Å²) in [5.74, 6) is 1.72. The van der Waals surface area contributed by atoms with Gasteiger partial charge < -0.3 is 19.8 Å². The van der Waals surface area contributed by atoms with Gasteiger partial charge in [0, 0.05) is 55.5 Å². The van der Waals surface area contributed by atoms with Gasteiger partial charge in [0.25, 0.3) is 0 Å². The number of phenolic OH excluding ortho intramolecular Hbond substituents is 1. The molecule has 5 aromatic rings. The van der Waals surface area contributed by atoms with Gasteiger partial charge in [-0.15, -0.1) is 0 Å². The number of β-amino-alcohol motifs (C(OH)–C–C–N with tert-alkyl or cyclic N) is 1. The molecule has 3 N–H and O–H groups in total. The van der Waals surface area contributed by atoms with Gasteiger partial charge >= 0.3 is 6.01 Å². The van der Waals surface area contributed by atoms with Crippen LogP contribution in [0, 0.1) is 41.7 Å². The van der Waals surface area contributed by atoms with Gasteiger partial charge in [0.15, 0.2) is 5.82 Å². The van der Waals surface area contributed by atoms with Gasteiger partial charge in [0.05, 0.1) is 18.6 Å². The van der Waals surface area contributed by atoms with E-state index in [-0.39, 0.29) is 52.7 Å². The zero-order chi connectivity index (χ0) is 67.9. The number of pyridine rings is 1. The number of anilines is 2. The zero-order valence-electron chi connectivity index (χ0n) is 59.7. The number of phenols is 1. The molecule has 6 heterocycles. The second-order valence-electron chi connectivity index (χ2n) is 27.8. The van der Waals surface area contributed by atoms with Gasteiger partial charge in [-0.2, -0.15) is 9.97 Å². The van der Waals surface area contributed by atoms with E-state index < -0.39 is 23.8 Å². The largest absolute Gasteiger partial charge is 0.508 e. The number of carbonyl (C=O) groups excluding carboxylic acids is 3. The van der Waals surface area contributed by atoms with E-state index >= 15 is 4.39 Å². The highest BCUT2D eigenvalue weighted by molar-refractivity contribution is 6.07. The number of benzene rings is 3. The molecule has 0 bridgehead atoms. The Morgan fingerprint density at radius 1 is 0.839 bits per heavy atom. The summed E-state index contributed by atoms with van der Waals surface area (Å²) in [4.78, 5) is 56.5. The third-order valence-corrected chi connectivity index (χ3v) is 20.7. The van der Waals surface area contributed by atoms with Gasteiger partial charge in [0.1, 0.15) is 34.6 Å². The lowest BCUT2D eigenvalue weighted by molar-refractivity contribution is -0.135. The molecule has 7 atom stereocenters. The maximum atomic E-state index is 16.0. The first-order chi connectivity index (χ1) is 44.8. The van der Waals surface area contributed by atoms with E-state index in [2.05, 4.69) is 92.7 Å². The average molecular weight is 1290 g/mol. The fourth-order valence-corrected chi connectivity index (χ4v) is 15.4. The first-order valence-electron chi connectivity index (χ1n) is 36.6. The fraction of sp³-hybridized carbons (Fsp3) is 0.667. The van der Waals surface area contributed by atoms with E-state index in [1.807, 2.05) is 45.6 Å². The molecule has 3 amide bonds. The van der Waals surface area contributed by atoms with Crippen molar-refractivity contribution < 1.29 is 38.1 Å². The summed E-state index contributed by atoms with van der Waals surface area (Å²) >= 11 is 0. The smallest absolute Gasteiger partial charge is 0.318 e. The van der Waals surface area contributed by atoms with Gasteiger partial charge in [0.2, 0.25) is 17.7 Å². The summed E-state index contributed by atoms with van der Waals surface area (Å²) in [6, 6.07) is 13.5. The summed E-state index contributed by atoms with van der Waals surface area (Å²) in [6.45, 7) is 30.8. The number of hydrogen-bond acceptors (Lipinski definition) is 11. The van der Waals surface area contributed by atoms with Gasteiger partial charge in [-0.05, 0) is 197 Å². The first-order valence-corrected chi connectivity index (χ1v) is 36.6. The van der Waals surface area contributed by atoms with Crippen LogP contribution in [0.15, 0.2) is 48.7 Å². The van der Waals surface area contributed by atoms with Crippen molar-refractivity contribution in [3.8, 4) is 23.0 Å². The van der Waals surface area contributed by atoms with Crippen LogP contribution < -0.4 is 19.9 Å². The molecule has 1 aliphatic carbocycles. The molecule has 0 radical (unpaired) electrons. The molecule has 10 rings (SSSR count). The number of methoxy groups -OCH3 is 1. The molecule has 4 aliphatic heterocycles. The normalized spacial score (nSPS) is 21.9. The molecule has 4 saturated heterocycles. The minimum absolute atomic E-state index is 0.00198. The Labute approximate surface area is 558 Å². The van der Waals surface area contributed by atoms with Crippen LogP contribution >= 0.6 is 0 Å². The SMILES string of the molecule is CC.CCCC(=O)N(c1ccc(C(CCC)CCC(C)CC)cc1C)C1CCC(=O)NC1=O.CCCC1(CCC(C)CC)CC(C)C1.CCCCC1CCC2CCCN12.CCc1c(F)ccc2cc(O)cc(-c3ncc4c(N5CCCC(O)C5)nc(OC)nc4c3F)c12. The number of unbranched alkanes of at least 4 members (excludes halogenated alkanes) is 1. The van der Waals surface area contributed by atoms with Gasteiger partial charge in [-0.3, -0.25) is 34.5 Å². The quantitative estimate of drug-likeness (QED) is 0.0504. The number of aromatic hydroxyl groups is 1. The number of aryl methyl sites for hydroxylation is 2. The molecular formula is C78H119F2N7O6. The Balaban J connectivity index is 0.000000211.